The monoisotopic (exact) mass is 366 g/mol. The number of esters is 1. The number of ether oxygens (including phenoxy) is 1. The highest BCUT2D eigenvalue weighted by Gasteiger charge is 2.34. The van der Waals surface area contributed by atoms with Crippen LogP contribution in [-0.2, 0) is 14.3 Å². The third-order valence-corrected chi connectivity index (χ3v) is 5.19. The quantitative estimate of drug-likeness (QED) is 0.784. The van der Waals surface area contributed by atoms with Crippen molar-refractivity contribution in [2.75, 3.05) is 19.7 Å². The van der Waals surface area contributed by atoms with Crippen LogP contribution in [0.25, 0.3) is 0 Å². The minimum Gasteiger partial charge on any atom is -0.466 e. The fourth-order valence-electron chi connectivity index (χ4n) is 2.96. The number of carbonyl (C=O) groups excluding carboxylic acids is 3. The van der Waals surface area contributed by atoms with E-state index in [0.29, 0.717) is 24.6 Å². The molecule has 1 saturated heterocycles. The average molecular weight is 366 g/mol. The Hall–Kier alpha value is -1.89. The molecule has 2 rings (SSSR count). The maximum Gasteiger partial charge on any atom is 0.310 e. The highest BCUT2D eigenvalue weighted by Crippen LogP contribution is 2.20. The van der Waals surface area contributed by atoms with Crippen LogP contribution in [0.15, 0.2) is 17.5 Å². The van der Waals surface area contributed by atoms with Crippen LogP contribution in [0.3, 0.4) is 0 Å². The van der Waals surface area contributed by atoms with E-state index in [4.69, 9.17) is 4.74 Å². The molecule has 1 N–H and O–H groups in total. The van der Waals surface area contributed by atoms with E-state index in [-0.39, 0.29) is 29.6 Å². The summed E-state index contributed by atoms with van der Waals surface area (Å²) in [4.78, 5) is 39.5. The molecule has 2 atom stereocenters. The molecule has 1 aromatic heterocycles. The van der Waals surface area contributed by atoms with Crippen LogP contribution in [0, 0.1) is 11.8 Å². The van der Waals surface area contributed by atoms with E-state index in [1.807, 2.05) is 19.2 Å². The lowest BCUT2D eigenvalue weighted by atomic mass is 9.95. The molecule has 138 valence electrons. The van der Waals surface area contributed by atoms with Gasteiger partial charge in [0.15, 0.2) is 0 Å². The smallest absolute Gasteiger partial charge is 0.310 e. The first kappa shape index (κ1) is 19.4. The summed E-state index contributed by atoms with van der Waals surface area (Å²) in [6, 6.07) is 2.94. The molecule has 0 unspecified atom stereocenters. The number of thiophene rings is 1. The molecule has 0 radical (unpaired) electrons. The highest BCUT2D eigenvalue weighted by molar-refractivity contribution is 7.12. The van der Waals surface area contributed by atoms with Crippen molar-refractivity contribution < 1.29 is 19.1 Å². The maximum absolute atomic E-state index is 12.9. The van der Waals surface area contributed by atoms with Crippen LogP contribution in [0.1, 0.15) is 43.3 Å². The summed E-state index contributed by atoms with van der Waals surface area (Å²) in [5, 5.41) is 4.68. The Bertz CT molecular complexity index is 600. The minimum atomic E-state index is -0.601. The molecule has 6 nitrogen and oxygen atoms in total. The number of hydrogen-bond donors (Lipinski definition) is 1. The fourth-order valence-corrected chi connectivity index (χ4v) is 3.59. The molecule has 7 heteroatoms. The van der Waals surface area contributed by atoms with Gasteiger partial charge in [-0.15, -0.1) is 11.3 Å². The van der Waals surface area contributed by atoms with Gasteiger partial charge in [-0.3, -0.25) is 14.4 Å². The number of nitrogens with zero attached hydrogens (tertiary/aromatic N) is 1. The number of rotatable bonds is 6. The van der Waals surface area contributed by atoms with Crippen molar-refractivity contribution in [3.8, 4) is 0 Å². The lowest BCUT2D eigenvalue weighted by Gasteiger charge is -2.35. The van der Waals surface area contributed by atoms with E-state index in [1.165, 1.54) is 11.3 Å². The Morgan fingerprint density at radius 3 is 2.76 bits per heavy atom. The van der Waals surface area contributed by atoms with Gasteiger partial charge in [-0.1, -0.05) is 19.9 Å². The van der Waals surface area contributed by atoms with E-state index >= 15 is 0 Å². The Balaban J connectivity index is 2.03. The first-order chi connectivity index (χ1) is 11.9. The second kappa shape index (κ2) is 8.99. The number of carbonyl (C=O) groups is 3. The number of piperidine rings is 1. The third kappa shape index (κ3) is 5.04. The lowest BCUT2D eigenvalue weighted by Crippen LogP contribution is -2.54. The van der Waals surface area contributed by atoms with Crippen molar-refractivity contribution in [1.82, 2.24) is 10.2 Å². The summed E-state index contributed by atoms with van der Waals surface area (Å²) in [7, 11) is 0. The van der Waals surface area contributed by atoms with Crippen LogP contribution in [-0.4, -0.2) is 48.4 Å². The van der Waals surface area contributed by atoms with Gasteiger partial charge in [0, 0.05) is 13.1 Å². The van der Waals surface area contributed by atoms with Gasteiger partial charge in [0.1, 0.15) is 6.04 Å². The van der Waals surface area contributed by atoms with Crippen molar-refractivity contribution in [1.29, 1.82) is 0 Å². The van der Waals surface area contributed by atoms with E-state index in [9.17, 15) is 14.4 Å². The van der Waals surface area contributed by atoms with Gasteiger partial charge in [-0.05, 0) is 37.1 Å². The van der Waals surface area contributed by atoms with Crippen LogP contribution in [0.2, 0.25) is 0 Å². The van der Waals surface area contributed by atoms with Gasteiger partial charge in [0.05, 0.1) is 17.4 Å². The molecule has 0 saturated carbocycles. The van der Waals surface area contributed by atoms with Crippen molar-refractivity contribution in [2.24, 2.45) is 11.8 Å². The van der Waals surface area contributed by atoms with Crippen molar-refractivity contribution >= 4 is 29.1 Å². The van der Waals surface area contributed by atoms with Gasteiger partial charge >= 0.3 is 5.97 Å². The van der Waals surface area contributed by atoms with Gasteiger partial charge in [-0.25, -0.2) is 0 Å². The Kier molecular flexibility index (Phi) is 6.99. The van der Waals surface area contributed by atoms with Crippen LogP contribution < -0.4 is 5.32 Å². The molecule has 2 amide bonds. The lowest BCUT2D eigenvalue weighted by molar-refractivity contribution is -0.151. The van der Waals surface area contributed by atoms with Gasteiger partial charge in [-0.2, -0.15) is 0 Å². The minimum absolute atomic E-state index is 0.0422. The number of hydrogen-bond acceptors (Lipinski definition) is 5. The predicted molar refractivity (Wildman–Crippen MR) is 96.3 cm³/mol. The topological polar surface area (TPSA) is 75.7 Å². The summed E-state index contributed by atoms with van der Waals surface area (Å²) < 4.78 is 5.09. The molecule has 0 aromatic carbocycles. The zero-order valence-corrected chi connectivity index (χ0v) is 15.8. The molecule has 1 aliphatic rings. The molecule has 0 spiro atoms. The summed E-state index contributed by atoms with van der Waals surface area (Å²) in [6.45, 7) is 6.89. The van der Waals surface area contributed by atoms with E-state index in [2.05, 4.69) is 5.32 Å². The molecule has 1 aromatic rings. The van der Waals surface area contributed by atoms with E-state index in [0.717, 1.165) is 12.8 Å². The molecular weight excluding hydrogens is 340 g/mol. The fraction of sp³-hybridized carbons (Fsp3) is 0.611. The highest BCUT2D eigenvalue weighted by atomic mass is 32.1. The second-order valence-electron chi connectivity index (χ2n) is 6.55. The Morgan fingerprint density at radius 2 is 2.16 bits per heavy atom. The number of nitrogens with one attached hydrogen (secondary N) is 1. The van der Waals surface area contributed by atoms with E-state index in [1.54, 1.807) is 24.0 Å². The molecule has 1 aliphatic heterocycles. The Labute approximate surface area is 152 Å². The summed E-state index contributed by atoms with van der Waals surface area (Å²) in [6.07, 6.45) is 1.50. The van der Waals surface area contributed by atoms with E-state index < -0.39 is 6.04 Å². The SMILES string of the molecule is CCOC(=O)[C@@H]1CCCN(C(=O)[C@H](NC(=O)c2cccs2)C(C)C)C1. The molecule has 2 heterocycles. The van der Waals surface area contributed by atoms with Gasteiger partial charge in [0.2, 0.25) is 5.91 Å². The van der Waals surface area contributed by atoms with Gasteiger partial charge < -0.3 is 15.0 Å². The van der Waals surface area contributed by atoms with Crippen LogP contribution in [0.4, 0.5) is 0 Å². The maximum atomic E-state index is 12.9. The molecule has 1 fully saturated rings. The molecule has 25 heavy (non-hydrogen) atoms. The largest absolute Gasteiger partial charge is 0.466 e. The van der Waals surface area contributed by atoms with Gasteiger partial charge in [0.25, 0.3) is 5.91 Å². The van der Waals surface area contributed by atoms with Crippen LogP contribution in [0.5, 0.6) is 0 Å². The second-order valence-corrected chi connectivity index (χ2v) is 7.50. The normalized spacial score (nSPS) is 18.7. The van der Waals surface area contributed by atoms with Crippen LogP contribution >= 0.6 is 11.3 Å². The summed E-state index contributed by atoms with van der Waals surface area (Å²) >= 11 is 1.34. The van der Waals surface area contributed by atoms with Crippen molar-refractivity contribution in [2.45, 2.75) is 39.7 Å². The molecule has 0 bridgehead atoms. The third-order valence-electron chi connectivity index (χ3n) is 4.32. The van der Waals surface area contributed by atoms with Crippen molar-refractivity contribution in [3.05, 3.63) is 22.4 Å². The molecular formula is C18H26N2O4S. The standard InChI is InChI=1S/C18H26N2O4S/c1-4-24-18(23)13-7-5-9-20(11-13)17(22)15(12(2)3)19-16(21)14-8-6-10-25-14/h6,8,10,12-13,15H,4-5,7,9,11H2,1-3H3,(H,19,21)/t13-,15-/m1/s1. The first-order valence-electron chi connectivity index (χ1n) is 8.73. The number of amides is 2. The Morgan fingerprint density at radius 1 is 1.40 bits per heavy atom. The predicted octanol–water partition coefficient (Wildman–Crippen LogP) is 2.30. The first-order valence-corrected chi connectivity index (χ1v) is 9.61. The number of likely N-dealkylation sites (tertiary alicyclic amines) is 1. The van der Waals surface area contributed by atoms with Crippen molar-refractivity contribution in [3.63, 3.8) is 0 Å². The molecule has 0 aliphatic carbocycles. The zero-order chi connectivity index (χ0) is 18.4. The average Bonchev–Trinajstić information content (AvgIpc) is 3.13. The zero-order valence-electron chi connectivity index (χ0n) is 15.0. The summed E-state index contributed by atoms with van der Waals surface area (Å²) in [5.74, 6) is -0.934. The summed E-state index contributed by atoms with van der Waals surface area (Å²) in [5.41, 5.74) is 0.